The molecule has 0 aliphatic carbocycles. The van der Waals surface area contributed by atoms with E-state index < -0.39 is 0 Å². The van der Waals surface area contributed by atoms with Crippen LogP contribution in [0.4, 0.5) is 5.69 Å². The van der Waals surface area contributed by atoms with E-state index in [0.717, 1.165) is 38.3 Å². The Balaban J connectivity index is 1.41. The Morgan fingerprint density at radius 3 is 2.72 bits per heavy atom. The SMILES string of the molecule is Cc1ccccc1OCCn1c(C2CC(=O)N(c3cccc(Br)c3)C2)nc2ccccc21. The van der Waals surface area contributed by atoms with Crippen molar-refractivity contribution in [2.45, 2.75) is 25.8 Å². The van der Waals surface area contributed by atoms with Crippen LogP contribution in [0.15, 0.2) is 77.3 Å². The number of carbonyl (C=O) groups excluding carboxylic acids is 1. The molecule has 2 heterocycles. The van der Waals surface area contributed by atoms with E-state index in [9.17, 15) is 4.79 Å². The molecular formula is C26H24BrN3O2. The third-order valence-electron chi connectivity index (χ3n) is 5.96. The summed E-state index contributed by atoms with van der Waals surface area (Å²) in [6.07, 6.45) is 0.453. The molecule has 4 aromatic rings. The lowest BCUT2D eigenvalue weighted by Gasteiger charge is -2.18. The maximum Gasteiger partial charge on any atom is 0.227 e. The summed E-state index contributed by atoms with van der Waals surface area (Å²) in [4.78, 5) is 19.7. The number of amides is 1. The quantitative estimate of drug-likeness (QED) is 0.348. The molecule has 1 amide bonds. The Bertz CT molecular complexity index is 1280. The van der Waals surface area contributed by atoms with Crippen molar-refractivity contribution in [3.8, 4) is 5.75 Å². The molecule has 162 valence electrons. The molecule has 1 unspecified atom stereocenters. The first kappa shape index (κ1) is 20.8. The van der Waals surface area contributed by atoms with E-state index in [-0.39, 0.29) is 11.8 Å². The van der Waals surface area contributed by atoms with E-state index in [0.29, 0.717) is 26.1 Å². The fraction of sp³-hybridized carbons (Fsp3) is 0.231. The van der Waals surface area contributed by atoms with Gasteiger partial charge in [0.1, 0.15) is 18.2 Å². The van der Waals surface area contributed by atoms with Gasteiger partial charge in [-0.1, -0.05) is 52.3 Å². The van der Waals surface area contributed by atoms with Crippen LogP contribution in [-0.2, 0) is 11.3 Å². The normalized spacial score (nSPS) is 16.1. The zero-order valence-electron chi connectivity index (χ0n) is 17.9. The maximum absolute atomic E-state index is 12.9. The van der Waals surface area contributed by atoms with E-state index in [1.54, 1.807) is 0 Å². The fourth-order valence-corrected chi connectivity index (χ4v) is 4.77. The number of aromatic nitrogens is 2. The number of hydrogen-bond donors (Lipinski definition) is 0. The minimum Gasteiger partial charge on any atom is -0.491 e. The summed E-state index contributed by atoms with van der Waals surface area (Å²) in [7, 11) is 0. The van der Waals surface area contributed by atoms with Crippen LogP contribution in [0.3, 0.4) is 0 Å². The van der Waals surface area contributed by atoms with Crippen molar-refractivity contribution < 1.29 is 9.53 Å². The molecule has 1 fully saturated rings. The van der Waals surface area contributed by atoms with E-state index in [2.05, 4.69) is 26.6 Å². The minimum absolute atomic E-state index is 0.0346. The molecule has 6 heteroatoms. The van der Waals surface area contributed by atoms with Gasteiger partial charge in [-0.3, -0.25) is 4.79 Å². The molecule has 0 radical (unpaired) electrons. The summed E-state index contributed by atoms with van der Waals surface area (Å²) in [5.41, 5.74) is 4.06. The summed E-state index contributed by atoms with van der Waals surface area (Å²) in [5.74, 6) is 2.01. The molecule has 5 nitrogen and oxygen atoms in total. The maximum atomic E-state index is 12.9. The smallest absolute Gasteiger partial charge is 0.227 e. The second-order valence-electron chi connectivity index (χ2n) is 8.11. The van der Waals surface area contributed by atoms with Crippen molar-refractivity contribution >= 4 is 38.6 Å². The van der Waals surface area contributed by atoms with Gasteiger partial charge in [0.2, 0.25) is 5.91 Å². The van der Waals surface area contributed by atoms with Gasteiger partial charge in [0.15, 0.2) is 0 Å². The van der Waals surface area contributed by atoms with Gasteiger partial charge in [-0.2, -0.15) is 0 Å². The van der Waals surface area contributed by atoms with E-state index in [1.807, 2.05) is 78.6 Å². The summed E-state index contributed by atoms with van der Waals surface area (Å²) in [6.45, 7) is 3.88. The Morgan fingerprint density at radius 2 is 1.88 bits per heavy atom. The highest BCUT2D eigenvalue weighted by Gasteiger charge is 2.34. The van der Waals surface area contributed by atoms with Gasteiger partial charge < -0.3 is 14.2 Å². The van der Waals surface area contributed by atoms with Gasteiger partial charge in [-0.15, -0.1) is 0 Å². The van der Waals surface area contributed by atoms with Crippen molar-refractivity contribution in [3.63, 3.8) is 0 Å². The average molecular weight is 490 g/mol. The molecule has 0 spiro atoms. The number of rotatable bonds is 6. The van der Waals surface area contributed by atoms with E-state index in [1.165, 1.54) is 0 Å². The van der Waals surface area contributed by atoms with Gasteiger partial charge in [0.25, 0.3) is 0 Å². The van der Waals surface area contributed by atoms with Crippen LogP contribution in [0.2, 0.25) is 0 Å². The summed E-state index contributed by atoms with van der Waals surface area (Å²) >= 11 is 3.51. The van der Waals surface area contributed by atoms with Gasteiger partial charge in [0.05, 0.1) is 17.6 Å². The summed E-state index contributed by atoms with van der Waals surface area (Å²) in [6, 6.07) is 24.1. The minimum atomic E-state index is 0.0346. The number of halogens is 1. The predicted molar refractivity (Wildman–Crippen MR) is 130 cm³/mol. The largest absolute Gasteiger partial charge is 0.491 e. The van der Waals surface area contributed by atoms with Crippen LogP contribution in [0.25, 0.3) is 11.0 Å². The number of imidazole rings is 1. The highest BCUT2D eigenvalue weighted by Crippen LogP contribution is 2.34. The molecule has 0 saturated carbocycles. The number of hydrogen-bond acceptors (Lipinski definition) is 3. The number of para-hydroxylation sites is 3. The third-order valence-corrected chi connectivity index (χ3v) is 6.45. The lowest BCUT2D eigenvalue weighted by atomic mass is 10.1. The first-order chi connectivity index (χ1) is 15.6. The van der Waals surface area contributed by atoms with Crippen molar-refractivity contribution in [1.29, 1.82) is 0 Å². The zero-order valence-corrected chi connectivity index (χ0v) is 19.5. The number of anilines is 1. The standard InChI is InChI=1S/C26H24BrN3O2/c1-18-7-2-5-12-24(18)32-14-13-29-23-11-4-3-10-22(23)28-26(29)19-15-25(31)30(17-19)21-9-6-8-20(27)16-21/h2-12,16,19H,13-15,17H2,1H3. The molecule has 1 saturated heterocycles. The number of aryl methyl sites for hydroxylation is 1. The van der Waals surface area contributed by atoms with Crippen LogP contribution in [0, 0.1) is 6.92 Å². The number of carbonyl (C=O) groups is 1. The Labute approximate surface area is 195 Å². The molecular weight excluding hydrogens is 466 g/mol. The number of nitrogens with zero attached hydrogens (tertiary/aromatic N) is 3. The second-order valence-corrected chi connectivity index (χ2v) is 9.03. The monoisotopic (exact) mass is 489 g/mol. The first-order valence-corrected chi connectivity index (χ1v) is 11.6. The molecule has 32 heavy (non-hydrogen) atoms. The zero-order chi connectivity index (χ0) is 22.1. The van der Waals surface area contributed by atoms with Crippen molar-refractivity contribution in [3.05, 3.63) is 88.7 Å². The van der Waals surface area contributed by atoms with Crippen LogP contribution in [-0.4, -0.2) is 28.6 Å². The highest BCUT2D eigenvalue weighted by molar-refractivity contribution is 9.10. The molecule has 1 aromatic heterocycles. The Kier molecular flexibility index (Phi) is 5.70. The van der Waals surface area contributed by atoms with E-state index in [4.69, 9.17) is 9.72 Å². The van der Waals surface area contributed by atoms with Gasteiger partial charge >= 0.3 is 0 Å². The second kappa shape index (κ2) is 8.79. The molecule has 1 aliphatic heterocycles. The van der Waals surface area contributed by atoms with Crippen LogP contribution in [0.1, 0.15) is 23.7 Å². The number of fused-ring (bicyclic) bond motifs is 1. The lowest BCUT2D eigenvalue weighted by Crippen LogP contribution is -2.24. The molecule has 5 rings (SSSR count). The van der Waals surface area contributed by atoms with Crippen molar-refractivity contribution in [2.75, 3.05) is 18.1 Å². The third kappa shape index (κ3) is 4.02. The van der Waals surface area contributed by atoms with Crippen molar-refractivity contribution in [1.82, 2.24) is 9.55 Å². The Morgan fingerprint density at radius 1 is 1.06 bits per heavy atom. The van der Waals surface area contributed by atoms with Crippen LogP contribution < -0.4 is 9.64 Å². The van der Waals surface area contributed by atoms with Gasteiger partial charge in [-0.25, -0.2) is 4.98 Å². The molecule has 0 bridgehead atoms. The molecule has 0 N–H and O–H groups in total. The summed E-state index contributed by atoms with van der Waals surface area (Å²) < 4.78 is 9.25. The molecule has 1 aliphatic rings. The predicted octanol–water partition coefficient (Wildman–Crippen LogP) is 5.71. The number of benzene rings is 3. The lowest BCUT2D eigenvalue weighted by molar-refractivity contribution is -0.117. The van der Waals surface area contributed by atoms with Crippen LogP contribution in [0.5, 0.6) is 5.75 Å². The highest BCUT2D eigenvalue weighted by atomic mass is 79.9. The van der Waals surface area contributed by atoms with Crippen molar-refractivity contribution in [2.24, 2.45) is 0 Å². The van der Waals surface area contributed by atoms with Crippen LogP contribution >= 0.6 is 15.9 Å². The topological polar surface area (TPSA) is 47.4 Å². The Hall–Kier alpha value is -3.12. The van der Waals surface area contributed by atoms with E-state index >= 15 is 0 Å². The number of ether oxygens (including phenoxy) is 1. The molecule has 1 atom stereocenters. The van der Waals surface area contributed by atoms with Gasteiger partial charge in [0, 0.05) is 29.0 Å². The first-order valence-electron chi connectivity index (χ1n) is 10.8. The average Bonchev–Trinajstić information content (AvgIpc) is 3.36. The van der Waals surface area contributed by atoms with Gasteiger partial charge in [-0.05, 0) is 48.9 Å². The summed E-state index contributed by atoms with van der Waals surface area (Å²) in [5, 5.41) is 0. The fourth-order valence-electron chi connectivity index (χ4n) is 4.38. The molecule has 3 aromatic carbocycles.